The van der Waals surface area contributed by atoms with Crippen LogP contribution < -0.4 is 10.6 Å². The van der Waals surface area contributed by atoms with Gasteiger partial charge >= 0.3 is 0 Å². The minimum absolute atomic E-state index is 0.0836. The minimum Gasteiger partial charge on any atom is -0.394 e. The lowest BCUT2D eigenvalue weighted by atomic mass is 10.0. The average molecular weight is 411 g/mol. The molecule has 160 valence electrons. The number of hydrogen-bond acceptors (Lipinski definition) is 4. The molecular weight excluding hydrogens is 380 g/mol. The van der Waals surface area contributed by atoms with Crippen molar-refractivity contribution in [3.63, 3.8) is 0 Å². The summed E-state index contributed by atoms with van der Waals surface area (Å²) in [6.45, 7) is 7.70. The first-order chi connectivity index (χ1) is 14.3. The fraction of sp³-hybridized carbons (Fsp3) is 0.435. The van der Waals surface area contributed by atoms with Crippen LogP contribution in [0.3, 0.4) is 0 Å². The number of nitrogens with one attached hydrogen (secondary N) is 3. The Hall–Kier alpha value is -2.93. The molecule has 3 aromatic rings. The molecule has 2 heterocycles. The second-order valence-corrected chi connectivity index (χ2v) is 8.48. The molecule has 7 nitrogen and oxygen atoms in total. The summed E-state index contributed by atoms with van der Waals surface area (Å²) in [6.07, 6.45) is 2.13. The summed E-state index contributed by atoms with van der Waals surface area (Å²) in [5.74, 6) is -0.400. The summed E-state index contributed by atoms with van der Waals surface area (Å²) in [5.41, 5.74) is 2.09. The van der Waals surface area contributed by atoms with Crippen molar-refractivity contribution in [3.05, 3.63) is 42.2 Å². The van der Waals surface area contributed by atoms with E-state index in [0.717, 1.165) is 21.8 Å². The maximum Gasteiger partial charge on any atom is 0.270 e. The Bertz CT molecular complexity index is 1040. The SMILES string of the molecule is CC(C)CC(NC(=O)c1cc2c(cn1)[nH]c1ccccc12)C(=O)NC(CO)C(C)C. The van der Waals surface area contributed by atoms with E-state index in [2.05, 4.69) is 20.6 Å². The number of aliphatic hydroxyl groups is 1. The van der Waals surface area contributed by atoms with Gasteiger partial charge in [-0.15, -0.1) is 0 Å². The highest BCUT2D eigenvalue weighted by molar-refractivity contribution is 6.09. The molecule has 0 fully saturated rings. The van der Waals surface area contributed by atoms with Gasteiger partial charge in [0, 0.05) is 16.3 Å². The van der Waals surface area contributed by atoms with Gasteiger partial charge in [0.1, 0.15) is 11.7 Å². The Labute approximate surface area is 176 Å². The molecule has 3 rings (SSSR count). The van der Waals surface area contributed by atoms with Gasteiger partial charge in [-0.05, 0) is 30.4 Å². The Kier molecular flexibility index (Phi) is 6.72. The number of carbonyl (C=O) groups is 2. The molecule has 0 bridgehead atoms. The summed E-state index contributed by atoms with van der Waals surface area (Å²) in [4.78, 5) is 33.3. The summed E-state index contributed by atoms with van der Waals surface area (Å²) in [6, 6.07) is 8.56. The lowest BCUT2D eigenvalue weighted by molar-refractivity contribution is -0.124. The van der Waals surface area contributed by atoms with Crippen molar-refractivity contribution in [2.75, 3.05) is 6.61 Å². The number of pyridine rings is 1. The second kappa shape index (κ2) is 9.26. The van der Waals surface area contributed by atoms with Crippen LogP contribution in [-0.4, -0.2) is 45.6 Å². The Balaban J connectivity index is 1.82. The molecule has 0 aliphatic heterocycles. The number of aromatic nitrogens is 2. The predicted octanol–water partition coefficient (Wildman–Crippen LogP) is 2.99. The number of H-pyrrole nitrogens is 1. The molecule has 4 N–H and O–H groups in total. The number of fused-ring (bicyclic) bond motifs is 3. The van der Waals surface area contributed by atoms with Crippen molar-refractivity contribution < 1.29 is 14.7 Å². The normalized spacial score (nSPS) is 13.7. The van der Waals surface area contributed by atoms with Crippen LogP contribution >= 0.6 is 0 Å². The Morgan fingerprint density at radius 1 is 1.07 bits per heavy atom. The number of benzene rings is 1. The Morgan fingerprint density at radius 3 is 2.47 bits per heavy atom. The maximum atomic E-state index is 12.9. The van der Waals surface area contributed by atoms with Gasteiger partial charge in [-0.2, -0.15) is 0 Å². The van der Waals surface area contributed by atoms with Crippen molar-refractivity contribution in [1.82, 2.24) is 20.6 Å². The lowest BCUT2D eigenvalue weighted by Crippen LogP contribution is -2.52. The predicted molar refractivity (Wildman–Crippen MR) is 118 cm³/mol. The topological polar surface area (TPSA) is 107 Å². The van der Waals surface area contributed by atoms with E-state index in [1.165, 1.54) is 0 Å². The molecule has 1 aromatic carbocycles. The van der Waals surface area contributed by atoms with E-state index in [1.807, 2.05) is 52.0 Å². The molecule has 2 unspecified atom stereocenters. The Morgan fingerprint density at radius 2 is 1.80 bits per heavy atom. The van der Waals surface area contributed by atoms with Crippen molar-refractivity contribution in [1.29, 1.82) is 0 Å². The van der Waals surface area contributed by atoms with E-state index in [0.29, 0.717) is 6.42 Å². The number of carbonyl (C=O) groups excluding carboxylic acids is 2. The van der Waals surface area contributed by atoms with Crippen LogP contribution in [0.25, 0.3) is 21.8 Å². The zero-order valence-electron chi connectivity index (χ0n) is 17.9. The van der Waals surface area contributed by atoms with E-state index < -0.39 is 11.9 Å². The van der Waals surface area contributed by atoms with Crippen LogP contribution in [0.15, 0.2) is 36.5 Å². The molecule has 0 aliphatic rings. The lowest BCUT2D eigenvalue weighted by Gasteiger charge is -2.25. The number of rotatable bonds is 8. The molecule has 0 radical (unpaired) electrons. The van der Waals surface area contributed by atoms with Crippen LogP contribution in [0.5, 0.6) is 0 Å². The van der Waals surface area contributed by atoms with E-state index in [1.54, 1.807) is 12.3 Å². The third kappa shape index (κ3) is 4.79. The summed E-state index contributed by atoms with van der Waals surface area (Å²) in [7, 11) is 0. The van der Waals surface area contributed by atoms with Gasteiger partial charge in [-0.3, -0.25) is 9.59 Å². The maximum absolute atomic E-state index is 12.9. The number of aromatic amines is 1. The standard InChI is InChI=1S/C23H30N4O3/c1-13(2)9-19(23(30)27-21(12-28)14(3)4)26-22(29)18-10-16-15-7-5-6-8-17(15)25-20(16)11-24-18/h5-8,10-11,13-14,19,21,25,28H,9,12H2,1-4H3,(H,26,29)(H,27,30). The van der Waals surface area contributed by atoms with Crippen LogP contribution in [-0.2, 0) is 4.79 Å². The zero-order chi connectivity index (χ0) is 21.8. The van der Waals surface area contributed by atoms with E-state index in [4.69, 9.17) is 0 Å². The number of para-hydroxylation sites is 1. The molecule has 0 spiro atoms. The van der Waals surface area contributed by atoms with E-state index >= 15 is 0 Å². The fourth-order valence-electron chi connectivity index (χ4n) is 3.52. The van der Waals surface area contributed by atoms with Gasteiger partial charge < -0.3 is 20.7 Å². The largest absolute Gasteiger partial charge is 0.394 e. The quantitative estimate of drug-likeness (QED) is 0.458. The zero-order valence-corrected chi connectivity index (χ0v) is 17.9. The molecule has 30 heavy (non-hydrogen) atoms. The summed E-state index contributed by atoms with van der Waals surface area (Å²) in [5, 5.41) is 17.1. The van der Waals surface area contributed by atoms with E-state index in [9.17, 15) is 14.7 Å². The molecule has 0 saturated carbocycles. The van der Waals surface area contributed by atoms with Crippen LogP contribution in [0.4, 0.5) is 0 Å². The van der Waals surface area contributed by atoms with Gasteiger partial charge in [-0.1, -0.05) is 45.9 Å². The molecule has 2 amide bonds. The van der Waals surface area contributed by atoms with Crippen LogP contribution in [0, 0.1) is 11.8 Å². The van der Waals surface area contributed by atoms with Crippen LogP contribution in [0.1, 0.15) is 44.6 Å². The number of amides is 2. The van der Waals surface area contributed by atoms with E-state index in [-0.39, 0.29) is 36.1 Å². The number of nitrogens with zero attached hydrogens (tertiary/aromatic N) is 1. The first-order valence-corrected chi connectivity index (χ1v) is 10.4. The molecular formula is C23H30N4O3. The third-order valence-corrected chi connectivity index (χ3v) is 5.28. The fourth-order valence-corrected chi connectivity index (χ4v) is 3.52. The highest BCUT2D eigenvalue weighted by atomic mass is 16.3. The van der Waals surface area contributed by atoms with Crippen molar-refractivity contribution >= 4 is 33.6 Å². The minimum atomic E-state index is -0.703. The molecule has 2 aromatic heterocycles. The van der Waals surface area contributed by atoms with Crippen molar-refractivity contribution in [3.8, 4) is 0 Å². The number of hydrogen-bond donors (Lipinski definition) is 4. The average Bonchev–Trinajstić information content (AvgIpc) is 3.08. The van der Waals surface area contributed by atoms with Crippen molar-refractivity contribution in [2.24, 2.45) is 11.8 Å². The summed E-state index contributed by atoms with van der Waals surface area (Å²) < 4.78 is 0. The molecule has 7 heteroatoms. The van der Waals surface area contributed by atoms with Crippen LogP contribution in [0.2, 0.25) is 0 Å². The molecule has 2 atom stereocenters. The van der Waals surface area contributed by atoms with Gasteiger partial charge in [0.25, 0.3) is 5.91 Å². The molecule has 0 saturated heterocycles. The van der Waals surface area contributed by atoms with Gasteiger partial charge in [0.05, 0.1) is 24.4 Å². The first kappa shape index (κ1) is 21.8. The highest BCUT2D eigenvalue weighted by Gasteiger charge is 2.26. The first-order valence-electron chi connectivity index (χ1n) is 10.4. The van der Waals surface area contributed by atoms with Crippen molar-refractivity contribution in [2.45, 2.75) is 46.2 Å². The summed E-state index contributed by atoms with van der Waals surface area (Å²) >= 11 is 0. The number of aliphatic hydroxyl groups excluding tert-OH is 1. The smallest absolute Gasteiger partial charge is 0.270 e. The highest BCUT2D eigenvalue weighted by Crippen LogP contribution is 2.25. The monoisotopic (exact) mass is 410 g/mol. The van der Waals surface area contributed by atoms with Gasteiger partial charge in [-0.25, -0.2) is 4.98 Å². The molecule has 0 aliphatic carbocycles. The second-order valence-electron chi connectivity index (χ2n) is 8.48. The third-order valence-electron chi connectivity index (χ3n) is 5.28. The van der Waals surface area contributed by atoms with Gasteiger partial charge in [0.15, 0.2) is 0 Å². The van der Waals surface area contributed by atoms with Gasteiger partial charge in [0.2, 0.25) is 5.91 Å².